The van der Waals surface area contributed by atoms with Crippen molar-refractivity contribution in [3.05, 3.63) is 40.9 Å². The number of thiazole rings is 1. The lowest BCUT2D eigenvalue weighted by Crippen LogP contribution is -2.36. The van der Waals surface area contributed by atoms with Gasteiger partial charge in [0.1, 0.15) is 11.4 Å². The molecule has 0 spiro atoms. The molecule has 8 heteroatoms. The molecule has 2 aromatic rings. The minimum Gasteiger partial charge on any atom is -0.488 e. The fraction of sp³-hybridized carbons (Fsp3) is 0.474. The molecule has 0 bridgehead atoms. The molecule has 0 unspecified atom stereocenters. The molecule has 0 aliphatic carbocycles. The average molecular weight is 503 g/mol. The maximum absolute atomic E-state index is 6.04. The van der Waals surface area contributed by atoms with Gasteiger partial charge >= 0.3 is 0 Å². The summed E-state index contributed by atoms with van der Waals surface area (Å²) < 4.78 is 6.04. The number of aromatic nitrogens is 1. The average Bonchev–Trinajstić information content (AvgIpc) is 3.04. The molecular formula is C19H30IN5OS. The molecule has 0 radical (unpaired) electrons. The highest BCUT2D eigenvalue weighted by Gasteiger charge is 2.14. The molecule has 1 aromatic carbocycles. The number of para-hydroxylation sites is 1. The van der Waals surface area contributed by atoms with E-state index in [1.807, 2.05) is 58.0 Å². The molecule has 0 atom stereocenters. The van der Waals surface area contributed by atoms with Crippen LogP contribution < -0.4 is 20.3 Å². The third-order valence-corrected chi connectivity index (χ3v) is 4.47. The first-order valence-electron chi connectivity index (χ1n) is 8.61. The predicted molar refractivity (Wildman–Crippen MR) is 126 cm³/mol. The molecule has 150 valence electrons. The zero-order chi connectivity index (χ0) is 19.2. The van der Waals surface area contributed by atoms with E-state index in [0.717, 1.165) is 28.1 Å². The summed E-state index contributed by atoms with van der Waals surface area (Å²) in [6.07, 6.45) is 0. The Balaban J connectivity index is 0.00000364. The van der Waals surface area contributed by atoms with Crippen LogP contribution in [0.25, 0.3) is 0 Å². The predicted octanol–water partition coefficient (Wildman–Crippen LogP) is 3.87. The number of nitrogens with zero attached hydrogens (tertiary/aromatic N) is 3. The zero-order valence-electron chi connectivity index (χ0n) is 16.9. The maximum atomic E-state index is 6.04. The van der Waals surface area contributed by atoms with Gasteiger partial charge in [0.15, 0.2) is 11.1 Å². The Morgan fingerprint density at radius 3 is 2.44 bits per heavy atom. The number of ether oxygens (including phenoxy) is 1. The van der Waals surface area contributed by atoms with Gasteiger partial charge in [0.2, 0.25) is 0 Å². The van der Waals surface area contributed by atoms with E-state index < -0.39 is 0 Å². The summed E-state index contributed by atoms with van der Waals surface area (Å²) in [6, 6.07) is 8.06. The Morgan fingerprint density at radius 1 is 1.19 bits per heavy atom. The summed E-state index contributed by atoms with van der Waals surface area (Å²) in [5.74, 6) is 1.62. The molecule has 0 saturated carbocycles. The van der Waals surface area contributed by atoms with Gasteiger partial charge < -0.3 is 20.3 Å². The van der Waals surface area contributed by atoms with Crippen LogP contribution in [0.1, 0.15) is 32.0 Å². The largest absolute Gasteiger partial charge is 0.488 e. The fourth-order valence-corrected chi connectivity index (χ4v) is 2.99. The van der Waals surface area contributed by atoms with Crippen LogP contribution in [0, 0.1) is 0 Å². The number of guanidine groups is 1. The van der Waals surface area contributed by atoms with E-state index in [-0.39, 0.29) is 29.6 Å². The second-order valence-electron chi connectivity index (χ2n) is 7.12. The molecule has 0 saturated heterocycles. The van der Waals surface area contributed by atoms with E-state index in [2.05, 4.69) is 32.1 Å². The third-order valence-electron chi connectivity index (χ3n) is 3.42. The van der Waals surface area contributed by atoms with Gasteiger partial charge in [0.05, 0.1) is 12.2 Å². The van der Waals surface area contributed by atoms with Crippen molar-refractivity contribution in [3.63, 3.8) is 0 Å². The second kappa shape index (κ2) is 10.7. The van der Waals surface area contributed by atoms with Crippen molar-refractivity contribution in [2.75, 3.05) is 26.0 Å². The molecule has 0 amide bonds. The Hall–Kier alpha value is -1.55. The quantitative estimate of drug-likeness (QED) is 0.356. The van der Waals surface area contributed by atoms with Gasteiger partial charge in [-0.05, 0) is 26.8 Å². The van der Waals surface area contributed by atoms with Crippen LogP contribution >= 0.6 is 35.3 Å². The lowest BCUT2D eigenvalue weighted by Gasteiger charge is -2.23. The van der Waals surface area contributed by atoms with Crippen molar-refractivity contribution in [1.29, 1.82) is 0 Å². The van der Waals surface area contributed by atoms with Gasteiger partial charge in [-0.2, -0.15) is 0 Å². The minimum atomic E-state index is -0.231. The van der Waals surface area contributed by atoms with E-state index >= 15 is 0 Å². The standard InChI is InChI=1S/C19H29N5OS.HI/c1-19(2,3)25-16-10-8-7-9-14(16)11-21-17(20-4)22-12-15-13-26-18(23-15)24(5)6;/h7-10,13H,11-12H2,1-6H3,(H2,20,21,22);1H. The van der Waals surface area contributed by atoms with E-state index in [1.54, 1.807) is 18.4 Å². The number of benzene rings is 1. The highest BCUT2D eigenvalue weighted by Crippen LogP contribution is 2.22. The van der Waals surface area contributed by atoms with Gasteiger partial charge in [-0.3, -0.25) is 4.99 Å². The number of hydrogen-bond donors (Lipinski definition) is 2. The first-order valence-corrected chi connectivity index (χ1v) is 9.49. The summed E-state index contributed by atoms with van der Waals surface area (Å²) in [4.78, 5) is 10.9. The van der Waals surface area contributed by atoms with Crippen molar-refractivity contribution in [1.82, 2.24) is 15.6 Å². The molecule has 2 rings (SSSR count). The van der Waals surface area contributed by atoms with Crippen LogP contribution in [-0.2, 0) is 13.1 Å². The third kappa shape index (κ3) is 7.92. The smallest absolute Gasteiger partial charge is 0.191 e. The number of halogens is 1. The van der Waals surface area contributed by atoms with Gasteiger partial charge in [-0.25, -0.2) is 4.98 Å². The first-order chi connectivity index (χ1) is 12.3. The minimum absolute atomic E-state index is 0. The Labute approximate surface area is 183 Å². The van der Waals surface area contributed by atoms with E-state index in [1.165, 1.54) is 0 Å². The molecule has 6 nitrogen and oxygen atoms in total. The second-order valence-corrected chi connectivity index (χ2v) is 7.95. The molecule has 0 aliphatic heterocycles. The lowest BCUT2D eigenvalue weighted by molar-refractivity contribution is 0.129. The number of nitrogens with one attached hydrogen (secondary N) is 2. The van der Waals surface area contributed by atoms with E-state index in [9.17, 15) is 0 Å². The van der Waals surface area contributed by atoms with Gasteiger partial charge in [0, 0.05) is 38.6 Å². The van der Waals surface area contributed by atoms with Crippen LogP contribution in [0.15, 0.2) is 34.6 Å². The molecule has 2 N–H and O–H groups in total. The molecule has 0 fully saturated rings. The summed E-state index contributed by atoms with van der Waals surface area (Å²) in [6.45, 7) is 7.41. The van der Waals surface area contributed by atoms with Crippen LogP contribution in [0.3, 0.4) is 0 Å². The van der Waals surface area contributed by atoms with Crippen molar-refractivity contribution in [3.8, 4) is 5.75 Å². The van der Waals surface area contributed by atoms with Crippen LogP contribution in [0.5, 0.6) is 5.75 Å². The number of aliphatic imine (C=N–C) groups is 1. The van der Waals surface area contributed by atoms with Crippen molar-refractivity contribution < 1.29 is 4.74 Å². The van der Waals surface area contributed by atoms with E-state index in [4.69, 9.17) is 4.74 Å². The van der Waals surface area contributed by atoms with Gasteiger partial charge in [0.25, 0.3) is 0 Å². The maximum Gasteiger partial charge on any atom is 0.191 e. The molecular weight excluding hydrogens is 473 g/mol. The van der Waals surface area contributed by atoms with Crippen LogP contribution in [-0.4, -0.2) is 37.7 Å². The Morgan fingerprint density at radius 2 is 1.85 bits per heavy atom. The van der Waals surface area contributed by atoms with Gasteiger partial charge in [-0.15, -0.1) is 35.3 Å². The molecule has 27 heavy (non-hydrogen) atoms. The van der Waals surface area contributed by atoms with Crippen LogP contribution in [0.2, 0.25) is 0 Å². The normalized spacial score (nSPS) is 11.6. The SMILES string of the molecule is CN=C(NCc1csc(N(C)C)n1)NCc1ccccc1OC(C)(C)C.I. The Bertz CT molecular complexity index is 740. The Kier molecular flexibility index (Phi) is 9.31. The lowest BCUT2D eigenvalue weighted by atomic mass is 10.1. The van der Waals surface area contributed by atoms with Gasteiger partial charge in [-0.1, -0.05) is 18.2 Å². The monoisotopic (exact) mass is 503 g/mol. The molecule has 1 heterocycles. The topological polar surface area (TPSA) is 61.8 Å². The summed E-state index contributed by atoms with van der Waals surface area (Å²) in [7, 11) is 5.75. The zero-order valence-corrected chi connectivity index (χ0v) is 20.0. The molecule has 1 aromatic heterocycles. The van der Waals surface area contributed by atoms with Crippen LogP contribution in [0.4, 0.5) is 5.13 Å². The fourth-order valence-electron chi connectivity index (χ4n) is 2.24. The van der Waals surface area contributed by atoms with E-state index in [0.29, 0.717) is 13.1 Å². The summed E-state index contributed by atoms with van der Waals surface area (Å²) in [5, 5.41) is 9.69. The first kappa shape index (κ1) is 23.5. The summed E-state index contributed by atoms with van der Waals surface area (Å²) >= 11 is 1.63. The van der Waals surface area contributed by atoms with Crippen molar-refractivity contribution >= 4 is 46.4 Å². The molecule has 0 aliphatic rings. The number of anilines is 1. The number of hydrogen-bond acceptors (Lipinski definition) is 5. The van der Waals surface area contributed by atoms with Crippen molar-refractivity contribution in [2.45, 2.75) is 39.5 Å². The highest BCUT2D eigenvalue weighted by atomic mass is 127. The van der Waals surface area contributed by atoms with Crippen molar-refractivity contribution in [2.24, 2.45) is 4.99 Å². The summed E-state index contributed by atoms with van der Waals surface area (Å²) in [5.41, 5.74) is 1.86. The number of rotatable bonds is 6. The highest BCUT2D eigenvalue weighted by molar-refractivity contribution is 14.0.